The molecule has 2 atom stereocenters. The van der Waals surface area contributed by atoms with Crippen molar-refractivity contribution < 1.29 is 28.3 Å². The Morgan fingerprint density at radius 3 is 2.46 bits per heavy atom. The Morgan fingerprint density at radius 2 is 1.80 bits per heavy atom. The molecule has 1 aliphatic rings. The van der Waals surface area contributed by atoms with Crippen LogP contribution in [0.15, 0.2) is 42.5 Å². The van der Waals surface area contributed by atoms with Crippen molar-refractivity contribution in [3.05, 3.63) is 69.5 Å². The number of hydrogen-bond donors (Lipinski definition) is 1. The molecule has 2 aromatic carbocycles. The van der Waals surface area contributed by atoms with Crippen LogP contribution in [0.1, 0.15) is 24.5 Å². The molecule has 186 valence electrons. The highest BCUT2D eigenvalue weighted by Crippen LogP contribution is 2.24. The number of likely N-dealkylation sites (tertiary alicyclic amines) is 1. The van der Waals surface area contributed by atoms with Crippen LogP contribution in [-0.2, 0) is 36.8 Å². The molecular weight excluding hydrogens is 498 g/mol. The topological polar surface area (TPSA) is 92.8 Å². The van der Waals surface area contributed by atoms with Crippen LogP contribution in [0.3, 0.4) is 0 Å². The smallest absolute Gasteiger partial charge is 0.329 e. The lowest BCUT2D eigenvalue weighted by molar-refractivity contribution is -0.154. The summed E-state index contributed by atoms with van der Waals surface area (Å²) < 4.78 is 18.4. The first kappa shape index (κ1) is 26.6. The number of ether oxygens (including phenoxy) is 1. The Balaban J connectivity index is 1.61. The lowest BCUT2D eigenvalue weighted by atomic mass is 10.0. The van der Waals surface area contributed by atoms with Gasteiger partial charge in [-0.25, -0.2) is 9.18 Å². The zero-order valence-corrected chi connectivity index (χ0v) is 20.6. The van der Waals surface area contributed by atoms with Gasteiger partial charge < -0.3 is 15.0 Å². The SMILES string of the molecule is CCOC(=O)[C@H](Cc1ccc(F)cc1)N1CC(C(=O)NCCCc2ccc(Cl)c(Cl)c2)C(=O)C1=O. The number of hydrogen-bond acceptors (Lipinski definition) is 5. The van der Waals surface area contributed by atoms with E-state index in [1.54, 1.807) is 19.1 Å². The minimum Gasteiger partial charge on any atom is -0.464 e. The van der Waals surface area contributed by atoms with Crippen molar-refractivity contribution in [3.63, 3.8) is 0 Å². The molecule has 0 spiro atoms. The minimum absolute atomic E-state index is 0.0239. The summed E-state index contributed by atoms with van der Waals surface area (Å²) in [6.45, 7) is 1.75. The molecular formula is C25H25Cl2FN2O5. The molecule has 7 nitrogen and oxygen atoms in total. The Morgan fingerprint density at radius 1 is 1.11 bits per heavy atom. The van der Waals surface area contributed by atoms with Gasteiger partial charge in [0.2, 0.25) is 11.7 Å². The van der Waals surface area contributed by atoms with E-state index in [1.807, 2.05) is 6.07 Å². The van der Waals surface area contributed by atoms with E-state index in [9.17, 15) is 23.6 Å². The summed E-state index contributed by atoms with van der Waals surface area (Å²) in [5.74, 6) is -4.73. The maximum atomic E-state index is 13.3. The molecule has 1 fully saturated rings. The third-order valence-corrected chi connectivity index (χ3v) is 6.43. The maximum absolute atomic E-state index is 13.3. The second kappa shape index (κ2) is 12.1. The first-order valence-electron chi connectivity index (χ1n) is 11.2. The van der Waals surface area contributed by atoms with Gasteiger partial charge >= 0.3 is 5.97 Å². The summed E-state index contributed by atoms with van der Waals surface area (Å²) in [6, 6.07) is 9.63. The van der Waals surface area contributed by atoms with Crippen LogP contribution in [0.25, 0.3) is 0 Å². The van der Waals surface area contributed by atoms with Crippen LogP contribution in [0, 0.1) is 11.7 Å². The van der Waals surface area contributed by atoms with E-state index in [2.05, 4.69) is 5.32 Å². The molecule has 10 heteroatoms. The third-order valence-electron chi connectivity index (χ3n) is 5.69. The van der Waals surface area contributed by atoms with Gasteiger partial charge in [-0.05, 0) is 55.2 Å². The number of halogens is 3. The highest BCUT2D eigenvalue weighted by atomic mass is 35.5. The molecule has 0 aliphatic carbocycles. The molecule has 0 radical (unpaired) electrons. The van der Waals surface area contributed by atoms with E-state index < -0.39 is 41.3 Å². The molecule has 2 aromatic rings. The van der Waals surface area contributed by atoms with E-state index in [0.717, 1.165) is 10.5 Å². The zero-order valence-electron chi connectivity index (χ0n) is 19.1. The largest absolute Gasteiger partial charge is 0.464 e. The lowest BCUT2D eigenvalue weighted by Gasteiger charge is -2.25. The van der Waals surface area contributed by atoms with Crippen LogP contribution >= 0.6 is 23.2 Å². The second-order valence-electron chi connectivity index (χ2n) is 8.12. The quantitative estimate of drug-likeness (QED) is 0.223. The number of Topliss-reactive ketones (excluding diaryl/α,β-unsaturated/α-hetero) is 1. The van der Waals surface area contributed by atoms with Gasteiger partial charge in [-0.1, -0.05) is 41.4 Å². The number of carbonyl (C=O) groups excluding carboxylic acids is 4. The molecule has 0 bridgehead atoms. The van der Waals surface area contributed by atoms with E-state index >= 15 is 0 Å². The van der Waals surface area contributed by atoms with Crippen LogP contribution in [-0.4, -0.2) is 54.2 Å². The molecule has 35 heavy (non-hydrogen) atoms. The van der Waals surface area contributed by atoms with E-state index in [-0.39, 0.29) is 26.1 Å². The average Bonchev–Trinajstić information content (AvgIpc) is 3.13. The molecule has 1 N–H and O–H groups in total. The first-order valence-corrected chi connectivity index (χ1v) is 11.9. The first-order chi connectivity index (χ1) is 16.7. The van der Waals surface area contributed by atoms with Crippen molar-refractivity contribution in [3.8, 4) is 0 Å². The van der Waals surface area contributed by atoms with Crippen molar-refractivity contribution in [1.82, 2.24) is 10.2 Å². The predicted octanol–water partition coefficient (Wildman–Crippen LogP) is 3.38. The van der Waals surface area contributed by atoms with Crippen LogP contribution in [0.4, 0.5) is 4.39 Å². The fraction of sp³-hybridized carbons (Fsp3) is 0.360. The molecule has 0 aromatic heterocycles. The Hall–Kier alpha value is -2.97. The number of ketones is 1. The Labute approximate surface area is 212 Å². The van der Waals surface area contributed by atoms with Crippen LogP contribution in [0.5, 0.6) is 0 Å². The van der Waals surface area contributed by atoms with Crippen molar-refractivity contribution >= 4 is 46.8 Å². The molecule has 1 heterocycles. The van der Waals surface area contributed by atoms with Crippen molar-refractivity contribution in [1.29, 1.82) is 0 Å². The van der Waals surface area contributed by atoms with Gasteiger partial charge in [0.25, 0.3) is 5.91 Å². The van der Waals surface area contributed by atoms with E-state index in [4.69, 9.17) is 27.9 Å². The fourth-order valence-corrected chi connectivity index (χ4v) is 4.17. The van der Waals surface area contributed by atoms with Crippen LogP contribution in [0.2, 0.25) is 10.0 Å². The summed E-state index contributed by atoms with van der Waals surface area (Å²) >= 11 is 11.9. The number of nitrogens with one attached hydrogen (secondary N) is 1. The standard InChI is InChI=1S/C25H25Cl2FN2O5/c1-2-35-25(34)21(13-16-5-8-17(28)9-6-16)30-14-18(22(31)24(30)33)23(32)29-11-3-4-15-7-10-19(26)20(27)12-15/h5-10,12,18,21H,2-4,11,13-14H2,1H3,(H,29,32)/t18?,21-/m0/s1. The van der Waals surface area contributed by atoms with Gasteiger partial charge in [0, 0.05) is 19.5 Å². The van der Waals surface area contributed by atoms with Crippen LogP contribution < -0.4 is 5.32 Å². The number of benzene rings is 2. The number of carbonyl (C=O) groups is 4. The van der Waals surface area contributed by atoms with Gasteiger partial charge in [0.1, 0.15) is 17.8 Å². The van der Waals surface area contributed by atoms with E-state index in [0.29, 0.717) is 28.5 Å². The highest BCUT2D eigenvalue weighted by Gasteiger charge is 2.47. The van der Waals surface area contributed by atoms with Gasteiger partial charge in [-0.2, -0.15) is 0 Å². The summed E-state index contributed by atoms with van der Waals surface area (Å²) in [4.78, 5) is 51.6. The molecule has 3 rings (SSSR count). The number of esters is 1. The van der Waals surface area contributed by atoms with Crippen molar-refractivity contribution in [2.24, 2.45) is 5.92 Å². The molecule has 1 saturated heterocycles. The second-order valence-corrected chi connectivity index (χ2v) is 8.93. The van der Waals surface area contributed by atoms with Gasteiger partial charge in [-0.15, -0.1) is 0 Å². The predicted molar refractivity (Wildman–Crippen MR) is 129 cm³/mol. The maximum Gasteiger partial charge on any atom is 0.329 e. The summed E-state index contributed by atoms with van der Waals surface area (Å²) in [6.07, 6.45) is 1.23. The van der Waals surface area contributed by atoms with E-state index in [1.165, 1.54) is 24.3 Å². The third kappa shape index (κ3) is 6.80. The monoisotopic (exact) mass is 522 g/mol. The zero-order chi connectivity index (χ0) is 25.5. The Bertz CT molecular complexity index is 1110. The molecule has 0 saturated carbocycles. The van der Waals surface area contributed by atoms with Crippen molar-refractivity contribution in [2.75, 3.05) is 19.7 Å². The number of amides is 2. The van der Waals surface area contributed by atoms with Crippen molar-refractivity contribution in [2.45, 2.75) is 32.2 Å². The number of rotatable bonds is 10. The minimum atomic E-state index is -1.22. The lowest BCUT2D eigenvalue weighted by Crippen LogP contribution is -2.45. The number of aryl methyl sites for hydroxylation is 1. The molecule has 1 unspecified atom stereocenters. The van der Waals surface area contributed by atoms with Gasteiger partial charge in [-0.3, -0.25) is 14.4 Å². The highest BCUT2D eigenvalue weighted by molar-refractivity contribution is 6.43. The summed E-state index contributed by atoms with van der Waals surface area (Å²) in [7, 11) is 0. The molecule has 1 aliphatic heterocycles. The van der Waals surface area contributed by atoms with Gasteiger partial charge in [0.05, 0.1) is 16.7 Å². The fourth-order valence-electron chi connectivity index (χ4n) is 3.85. The molecule has 2 amide bonds. The Kier molecular flexibility index (Phi) is 9.23. The summed E-state index contributed by atoms with van der Waals surface area (Å²) in [5.41, 5.74) is 1.53. The van der Waals surface area contributed by atoms with Gasteiger partial charge in [0.15, 0.2) is 0 Å². The average molecular weight is 523 g/mol. The number of nitrogens with zero attached hydrogens (tertiary/aromatic N) is 1. The summed E-state index contributed by atoms with van der Waals surface area (Å²) in [5, 5.41) is 3.59. The normalized spacial score (nSPS) is 16.3.